The van der Waals surface area contributed by atoms with Crippen LogP contribution in [0.1, 0.15) is 24.5 Å². The van der Waals surface area contributed by atoms with Crippen LogP contribution in [0.4, 0.5) is 5.82 Å². The molecule has 1 aromatic carbocycles. The predicted octanol–water partition coefficient (Wildman–Crippen LogP) is 2.19. The third-order valence-corrected chi connectivity index (χ3v) is 5.10. The molecule has 3 aliphatic rings. The Morgan fingerprint density at radius 1 is 1.14 bits per heavy atom. The van der Waals surface area contributed by atoms with Gasteiger partial charge in [0, 0.05) is 31.4 Å². The molecule has 142 valence electrons. The Morgan fingerprint density at radius 3 is 2.82 bits per heavy atom. The van der Waals surface area contributed by atoms with Crippen molar-refractivity contribution in [2.75, 3.05) is 12.0 Å². The molecular formula is C20H21N7O. The van der Waals surface area contributed by atoms with Crippen molar-refractivity contribution in [1.29, 1.82) is 0 Å². The molecule has 0 unspecified atom stereocenters. The van der Waals surface area contributed by atoms with E-state index in [0.717, 1.165) is 31.5 Å². The van der Waals surface area contributed by atoms with E-state index in [1.165, 1.54) is 5.56 Å². The van der Waals surface area contributed by atoms with Gasteiger partial charge in [-0.2, -0.15) is 9.97 Å². The molecule has 28 heavy (non-hydrogen) atoms. The largest absolute Gasteiger partial charge is 0.302 e. The lowest BCUT2D eigenvalue weighted by molar-refractivity contribution is 0.343. The monoisotopic (exact) mass is 375 g/mol. The summed E-state index contributed by atoms with van der Waals surface area (Å²) in [6, 6.07) is 10.3. The van der Waals surface area contributed by atoms with E-state index in [4.69, 9.17) is 4.98 Å². The fourth-order valence-electron chi connectivity index (χ4n) is 3.71. The number of rotatable bonds is 5. The number of hydrogen-bond donors (Lipinski definition) is 1. The second kappa shape index (κ2) is 6.72. The molecule has 2 aromatic rings. The topological polar surface area (TPSA) is 80.3 Å². The van der Waals surface area contributed by atoms with Crippen molar-refractivity contribution < 1.29 is 0 Å². The molecule has 0 fully saturated rings. The zero-order chi connectivity index (χ0) is 19.1. The van der Waals surface area contributed by atoms with Crippen LogP contribution in [0.5, 0.6) is 0 Å². The molecule has 5 rings (SSSR count). The Labute approximate surface area is 161 Å². The predicted molar refractivity (Wildman–Crippen MR) is 106 cm³/mol. The number of nitrogens with zero attached hydrogens (tertiary/aromatic N) is 6. The van der Waals surface area contributed by atoms with Crippen LogP contribution in [-0.2, 0) is 19.5 Å². The van der Waals surface area contributed by atoms with Crippen LogP contribution in [0.3, 0.4) is 0 Å². The van der Waals surface area contributed by atoms with Crippen molar-refractivity contribution in [1.82, 2.24) is 29.2 Å². The maximum Gasteiger partial charge on any atom is 0.282 e. The first-order valence-corrected chi connectivity index (χ1v) is 9.56. The van der Waals surface area contributed by atoms with E-state index < -0.39 is 0 Å². The van der Waals surface area contributed by atoms with Gasteiger partial charge in [0.25, 0.3) is 11.3 Å². The SMILES string of the molecule is CCCN1Cc2c(nc(=O)c3cn4c(ncn4CCc4ccccc4)nc2-3)N1. The van der Waals surface area contributed by atoms with Crippen molar-refractivity contribution in [3.63, 3.8) is 0 Å². The summed E-state index contributed by atoms with van der Waals surface area (Å²) in [4.78, 5) is 26.0. The minimum Gasteiger partial charge on any atom is -0.302 e. The van der Waals surface area contributed by atoms with Crippen LogP contribution >= 0.6 is 0 Å². The first kappa shape index (κ1) is 16.9. The molecule has 0 aliphatic carbocycles. The maximum absolute atomic E-state index is 12.6. The number of fused-ring (bicyclic) bond motifs is 4. The van der Waals surface area contributed by atoms with E-state index in [9.17, 15) is 4.79 Å². The molecule has 0 saturated carbocycles. The molecule has 8 nitrogen and oxygen atoms in total. The van der Waals surface area contributed by atoms with Gasteiger partial charge >= 0.3 is 0 Å². The Hall–Kier alpha value is -3.26. The summed E-state index contributed by atoms with van der Waals surface area (Å²) in [7, 11) is 0. The molecule has 4 heterocycles. The molecule has 0 amide bonds. The minimum atomic E-state index is -0.266. The van der Waals surface area contributed by atoms with Gasteiger partial charge in [-0.1, -0.05) is 37.3 Å². The highest BCUT2D eigenvalue weighted by atomic mass is 16.1. The maximum atomic E-state index is 12.6. The van der Waals surface area contributed by atoms with Crippen molar-refractivity contribution in [3.8, 4) is 11.3 Å². The molecule has 0 radical (unpaired) electrons. The molecule has 0 saturated heterocycles. The van der Waals surface area contributed by atoms with Crippen LogP contribution in [-0.4, -0.2) is 35.7 Å². The highest BCUT2D eigenvalue weighted by Gasteiger charge is 2.28. The van der Waals surface area contributed by atoms with Crippen molar-refractivity contribution in [2.45, 2.75) is 32.9 Å². The quantitative estimate of drug-likeness (QED) is 0.576. The standard InChI is InChI=1S/C20H21N7O/c1-2-9-25-11-15-17-16(19(28)23-18(15)24-25)12-27-20(22-17)21-13-26(27)10-8-14-6-4-3-5-7-14/h3-7,12-13H,2,8-11H2,1H3,(H,23,24,28). The van der Waals surface area contributed by atoms with Crippen molar-refractivity contribution in [2.24, 2.45) is 0 Å². The number of benzene rings is 1. The summed E-state index contributed by atoms with van der Waals surface area (Å²) in [5.74, 6) is 1.20. The first-order chi connectivity index (χ1) is 13.7. The lowest BCUT2D eigenvalue weighted by Crippen LogP contribution is -2.24. The van der Waals surface area contributed by atoms with Crippen LogP contribution < -0.4 is 11.0 Å². The number of aromatic nitrogens is 5. The molecule has 1 aromatic heterocycles. The van der Waals surface area contributed by atoms with Crippen molar-refractivity contribution >= 4 is 11.6 Å². The smallest absolute Gasteiger partial charge is 0.282 e. The Morgan fingerprint density at radius 2 is 2.00 bits per heavy atom. The van der Waals surface area contributed by atoms with Gasteiger partial charge in [0.2, 0.25) is 0 Å². The van der Waals surface area contributed by atoms with Gasteiger partial charge in [-0.3, -0.25) is 9.48 Å². The van der Waals surface area contributed by atoms with E-state index in [2.05, 4.69) is 39.5 Å². The Bertz CT molecular complexity index is 1160. The summed E-state index contributed by atoms with van der Waals surface area (Å²) in [5.41, 5.74) is 6.38. The zero-order valence-electron chi connectivity index (χ0n) is 15.7. The lowest BCUT2D eigenvalue weighted by Gasteiger charge is -2.13. The summed E-state index contributed by atoms with van der Waals surface area (Å²) >= 11 is 0. The highest BCUT2D eigenvalue weighted by Crippen LogP contribution is 2.31. The Kier molecular flexibility index (Phi) is 4.05. The molecule has 0 bridgehead atoms. The average Bonchev–Trinajstić information content (AvgIpc) is 3.30. The lowest BCUT2D eigenvalue weighted by atomic mass is 10.1. The van der Waals surface area contributed by atoms with Gasteiger partial charge in [0.15, 0.2) is 5.82 Å². The van der Waals surface area contributed by atoms with Crippen LogP contribution in [0.25, 0.3) is 17.0 Å². The highest BCUT2D eigenvalue weighted by molar-refractivity contribution is 5.71. The van der Waals surface area contributed by atoms with E-state index >= 15 is 0 Å². The van der Waals surface area contributed by atoms with Gasteiger partial charge in [0.05, 0.1) is 11.3 Å². The summed E-state index contributed by atoms with van der Waals surface area (Å²) in [6.07, 6.45) is 5.47. The number of pyridine rings is 1. The molecule has 3 aliphatic heterocycles. The third-order valence-electron chi connectivity index (χ3n) is 5.10. The van der Waals surface area contributed by atoms with Gasteiger partial charge in [0.1, 0.15) is 6.33 Å². The van der Waals surface area contributed by atoms with Gasteiger partial charge < -0.3 is 5.43 Å². The van der Waals surface area contributed by atoms with Crippen LogP contribution in [0, 0.1) is 0 Å². The zero-order valence-corrected chi connectivity index (χ0v) is 15.7. The summed E-state index contributed by atoms with van der Waals surface area (Å²) < 4.78 is 3.82. The second-order valence-corrected chi connectivity index (χ2v) is 7.07. The van der Waals surface area contributed by atoms with Crippen molar-refractivity contribution in [3.05, 3.63) is 64.3 Å². The third kappa shape index (κ3) is 2.82. The number of aryl methyl sites for hydroxylation is 2. The summed E-state index contributed by atoms with van der Waals surface area (Å²) in [5, 5.41) is 2.06. The van der Waals surface area contributed by atoms with E-state index in [1.807, 2.05) is 33.6 Å². The second-order valence-electron chi connectivity index (χ2n) is 7.07. The fraction of sp³-hybridized carbons (Fsp3) is 0.300. The van der Waals surface area contributed by atoms with Crippen LogP contribution in [0.15, 0.2) is 47.7 Å². The number of nitrogens with one attached hydrogen (secondary N) is 1. The minimum absolute atomic E-state index is 0.266. The van der Waals surface area contributed by atoms with Gasteiger partial charge in [-0.05, 0) is 18.4 Å². The molecule has 0 atom stereocenters. The summed E-state index contributed by atoms with van der Waals surface area (Å²) in [6.45, 7) is 4.44. The van der Waals surface area contributed by atoms with E-state index in [-0.39, 0.29) is 5.56 Å². The first-order valence-electron chi connectivity index (χ1n) is 9.56. The number of anilines is 1. The van der Waals surface area contributed by atoms with Crippen LogP contribution in [0.2, 0.25) is 0 Å². The Balaban J connectivity index is 1.54. The number of hydrogen-bond acceptors (Lipinski definition) is 6. The van der Waals surface area contributed by atoms with E-state index in [0.29, 0.717) is 29.4 Å². The normalized spacial score (nSPS) is 13.9. The van der Waals surface area contributed by atoms with E-state index in [1.54, 1.807) is 6.33 Å². The molecular weight excluding hydrogens is 354 g/mol. The number of hydrazine groups is 1. The van der Waals surface area contributed by atoms with Gasteiger partial charge in [-0.15, -0.1) is 0 Å². The fourth-order valence-corrected chi connectivity index (χ4v) is 3.71. The van der Waals surface area contributed by atoms with Gasteiger partial charge in [-0.25, -0.2) is 14.5 Å². The molecule has 8 heteroatoms. The molecule has 1 N–H and O–H groups in total. The average molecular weight is 375 g/mol. The molecule has 0 spiro atoms.